The molecule has 146 valence electrons. The van der Waals surface area contributed by atoms with Crippen LogP contribution in [0.4, 0.5) is 0 Å². The van der Waals surface area contributed by atoms with Crippen molar-refractivity contribution < 1.29 is 14.6 Å². The lowest BCUT2D eigenvalue weighted by molar-refractivity contribution is 0.102. The highest BCUT2D eigenvalue weighted by molar-refractivity contribution is 7.99. The van der Waals surface area contributed by atoms with Gasteiger partial charge in [-0.2, -0.15) is 0 Å². The maximum absolute atomic E-state index is 12.8. The average Bonchev–Trinajstić information content (AvgIpc) is 2.68. The molecule has 2 aromatic carbocycles. The van der Waals surface area contributed by atoms with Crippen LogP contribution in [0.25, 0.3) is 10.9 Å². The Morgan fingerprint density at radius 2 is 2.00 bits per heavy atom. The lowest BCUT2D eigenvalue weighted by Crippen LogP contribution is -2.28. The summed E-state index contributed by atoms with van der Waals surface area (Å²) in [5.41, 5.74) is 0.724. The zero-order chi connectivity index (χ0) is 20.3. The highest BCUT2D eigenvalue weighted by Gasteiger charge is 2.16. The van der Waals surface area contributed by atoms with E-state index < -0.39 is 6.10 Å². The van der Waals surface area contributed by atoms with Crippen molar-refractivity contribution in [2.45, 2.75) is 24.7 Å². The number of nitrogens with zero attached hydrogens (tertiary/aromatic N) is 2. The fourth-order valence-corrected chi connectivity index (χ4v) is 3.77. The number of Topliss-reactive ketones (excluding diaryl/α,β-unsaturated/α-hetero) is 1. The topological polar surface area (TPSA) is 81.4 Å². The number of fused-ring (bicyclic) bond motifs is 1. The molecule has 1 aromatic heterocycles. The largest absolute Gasteiger partial charge is 0.497 e. The van der Waals surface area contributed by atoms with E-state index in [0.717, 1.165) is 11.8 Å². The predicted molar refractivity (Wildman–Crippen MR) is 111 cm³/mol. The number of aromatic nitrogens is 2. The Morgan fingerprint density at radius 1 is 1.29 bits per heavy atom. The Morgan fingerprint density at radius 3 is 2.64 bits per heavy atom. The second kappa shape index (κ2) is 8.77. The van der Waals surface area contributed by atoms with Crippen LogP contribution < -0.4 is 10.3 Å². The van der Waals surface area contributed by atoms with Crippen LogP contribution in [0.5, 0.6) is 5.75 Å². The van der Waals surface area contributed by atoms with Crippen molar-refractivity contribution in [2.75, 3.05) is 12.9 Å². The van der Waals surface area contributed by atoms with Crippen LogP contribution in [0.1, 0.15) is 17.3 Å². The monoisotopic (exact) mass is 418 g/mol. The fourth-order valence-electron chi connectivity index (χ4n) is 2.70. The summed E-state index contributed by atoms with van der Waals surface area (Å²) in [5.74, 6) is 0.671. The van der Waals surface area contributed by atoms with Gasteiger partial charge in [-0.05, 0) is 49.4 Å². The number of halogens is 1. The molecule has 6 nitrogen and oxygen atoms in total. The van der Waals surface area contributed by atoms with Crippen molar-refractivity contribution in [1.82, 2.24) is 9.55 Å². The third kappa shape index (κ3) is 4.55. The molecule has 0 bridgehead atoms. The summed E-state index contributed by atoms with van der Waals surface area (Å²) in [6.45, 7) is 1.68. The van der Waals surface area contributed by atoms with E-state index in [-0.39, 0.29) is 23.6 Å². The van der Waals surface area contributed by atoms with Crippen LogP contribution in [0.15, 0.2) is 52.4 Å². The lowest BCUT2D eigenvalue weighted by atomic mass is 10.1. The minimum absolute atomic E-state index is 0.0868. The van der Waals surface area contributed by atoms with Crippen molar-refractivity contribution in [3.63, 3.8) is 0 Å². The van der Waals surface area contributed by atoms with Gasteiger partial charge < -0.3 is 9.84 Å². The van der Waals surface area contributed by atoms with Gasteiger partial charge >= 0.3 is 0 Å². The van der Waals surface area contributed by atoms with Crippen LogP contribution in [0, 0.1) is 0 Å². The maximum Gasteiger partial charge on any atom is 0.262 e. The molecular formula is C20H19ClN2O4S. The maximum atomic E-state index is 12.8. The molecule has 0 aliphatic heterocycles. The number of rotatable bonds is 7. The van der Waals surface area contributed by atoms with E-state index in [9.17, 15) is 14.7 Å². The number of aliphatic hydroxyl groups excluding tert-OH is 1. The minimum Gasteiger partial charge on any atom is -0.497 e. The van der Waals surface area contributed by atoms with Gasteiger partial charge in [0.2, 0.25) is 0 Å². The molecule has 0 spiro atoms. The Labute approximate surface area is 171 Å². The van der Waals surface area contributed by atoms with E-state index in [0.29, 0.717) is 32.4 Å². The van der Waals surface area contributed by atoms with E-state index >= 15 is 0 Å². The van der Waals surface area contributed by atoms with Crippen LogP contribution in [0.3, 0.4) is 0 Å². The molecule has 0 saturated heterocycles. The van der Waals surface area contributed by atoms with Gasteiger partial charge in [0.15, 0.2) is 10.9 Å². The molecule has 3 rings (SSSR count). The van der Waals surface area contributed by atoms with Crippen LogP contribution in [-0.2, 0) is 6.54 Å². The first kappa shape index (κ1) is 20.4. The Kier molecular flexibility index (Phi) is 6.39. The summed E-state index contributed by atoms with van der Waals surface area (Å²) in [6, 6.07) is 11.7. The van der Waals surface area contributed by atoms with Gasteiger partial charge in [0.1, 0.15) is 5.75 Å². The average molecular weight is 419 g/mol. The highest BCUT2D eigenvalue weighted by Crippen LogP contribution is 2.22. The van der Waals surface area contributed by atoms with E-state index in [1.165, 1.54) is 4.57 Å². The number of methoxy groups -OCH3 is 1. The van der Waals surface area contributed by atoms with Gasteiger partial charge in [0.25, 0.3) is 5.56 Å². The van der Waals surface area contributed by atoms with Gasteiger partial charge in [-0.3, -0.25) is 14.2 Å². The molecule has 28 heavy (non-hydrogen) atoms. The van der Waals surface area contributed by atoms with E-state index in [4.69, 9.17) is 16.3 Å². The van der Waals surface area contributed by atoms with Gasteiger partial charge in [0, 0.05) is 10.6 Å². The molecule has 0 aliphatic rings. The van der Waals surface area contributed by atoms with Gasteiger partial charge in [0.05, 0.1) is 36.4 Å². The van der Waals surface area contributed by atoms with Crippen molar-refractivity contribution >= 4 is 40.0 Å². The second-order valence-electron chi connectivity index (χ2n) is 6.26. The number of ketones is 1. The van der Waals surface area contributed by atoms with Crippen LogP contribution >= 0.6 is 23.4 Å². The van der Waals surface area contributed by atoms with Crippen molar-refractivity contribution in [1.29, 1.82) is 0 Å². The number of carbonyl (C=O) groups excluding carboxylic acids is 1. The Balaban J connectivity index is 1.91. The summed E-state index contributed by atoms with van der Waals surface area (Å²) in [6.07, 6.45) is -0.735. The van der Waals surface area contributed by atoms with E-state index in [1.807, 2.05) is 0 Å². The summed E-state index contributed by atoms with van der Waals surface area (Å²) in [5, 5.41) is 11.0. The molecule has 0 radical (unpaired) electrons. The van der Waals surface area contributed by atoms with Gasteiger partial charge in [-0.1, -0.05) is 23.4 Å². The van der Waals surface area contributed by atoms with Crippen molar-refractivity contribution in [3.05, 3.63) is 63.4 Å². The standard InChI is InChI=1S/C20H19ClN2O4S/c1-12(24)10-23-19(26)16-8-5-14(21)9-17(16)22-20(23)28-11-18(25)13-3-6-15(27-2)7-4-13/h3-9,12,24H,10-11H2,1-2H3/t12-/m1/s1. The normalized spacial score (nSPS) is 12.1. The zero-order valence-electron chi connectivity index (χ0n) is 15.4. The second-order valence-corrected chi connectivity index (χ2v) is 7.64. The molecule has 0 unspecified atom stereocenters. The number of thioether (sulfide) groups is 1. The molecule has 0 aliphatic carbocycles. The molecule has 1 N–H and O–H groups in total. The lowest BCUT2D eigenvalue weighted by Gasteiger charge is -2.14. The smallest absolute Gasteiger partial charge is 0.262 e. The van der Waals surface area contributed by atoms with Gasteiger partial charge in [-0.15, -0.1) is 0 Å². The summed E-state index contributed by atoms with van der Waals surface area (Å²) >= 11 is 7.17. The molecular weight excluding hydrogens is 400 g/mol. The third-order valence-electron chi connectivity index (χ3n) is 4.07. The zero-order valence-corrected chi connectivity index (χ0v) is 17.0. The van der Waals surface area contributed by atoms with Crippen molar-refractivity contribution in [2.24, 2.45) is 0 Å². The molecule has 3 aromatic rings. The molecule has 8 heteroatoms. The van der Waals surface area contributed by atoms with Gasteiger partial charge in [-0.25, -0.2) is 4.98 Å². The quantitative estimate of drug-likeness (QED) is 0.359. The molecule has 1 atom stereocenters. The molecule has 0 fully saturated rings. The number of aliphatic hydroxyl groups is 1. The van der Waals surface area contributed by atoms with E-state index in [1.54, 1.807) is 56.5 Å². The Hall–Kier alpha value is -2.35. The third-order valence-corrected chi connectivity index (χ3v) is 5.28. The first-order valence-corrected chi connectivity index (χ1v) is 9.93. The number of ether oxygens (including phenoxy) is 1. The first-order chi connectivity index (χ1) is 13.4. The molecule has 0 saturated carbocycles. The number of hydrogen-bond acceptors (Lipinski definition) is 6. The number of hydrogen-bond donors (Lipinski definition) is 1. The highest BCUT2D eigenvalue weighted by atomic mass is 35.5. The SMILES string of the molecule is COc1ccc(C(=O)CSc2nc3cc(Cl)ccc3c(=O)n2C[C@@H](C)O)cc1. The number of benzene rings is 2. The summed E-state index contributed by atoms with van der Waals surface area (Å²) in [4.78, 5) is 29.8. The predicted octanol–water partition coefficient (Wildman–Crippen LogP) is 3.41. The van der Waals surface area contributed by atoms with Crippen molar-refractivity contribution in [3.8, 4) is 5.75 Å². The Bertz CT molecular complexity index is 1060. The minimum atomic E-state index is -0.735. The first-order valence-electron chi connectivity index (χ1n) is 8.57. The summed E-state index contributed by atoms with van der Waals surface area (Å²) in [7, 11) is 1.56. The summed E-state index contributed by atoms with van der Waals surface area (Å²) < 4.78 is 6.49. The molecule has 1 heterocycles. The molecule has 0 amide bonds. The number of carbonyl (C=O) groups is 1. The van der Waals surface area contributed by atoms with Crippen LogP contribution in [0.2, 0.25) is 5.02 Å². The fraction of sp³-hybridized carbons (Fsp3) is 0.250. The van der Waals surface area contributed by atoms with E-state index in [2.05, 4.69) is 4.98 Å². The van der Waals surface area contributed by atoms with Crippen LogP contribution in [-0.4, -0.2) is 39.4 Å².